The van der Waals surface area contributed by atoms with Gasteiger partial charge in [-0.2, -0.15) is 5.10 Å². The number of hydrogen-bond donors (Lipinski definition) is 1. The number of carbonyl (C=O) groups is 1. The summed E-state index contributed by atoms with van der Waals surface area (Å²) in [7, 11) is 0. The van der Waals surface area contributed by atoms with Crippen LogP contribution in [-0.4, -0.2) is 47.3 Å². The van der Waals surface area contributed by atoms with Gasteiger partial charge in [0.2, 0.25) is 5.91 Å². The van der Waals surface area contributed by atoms with Crippen molar-refractivity contribution in [2.45, 2.75) is 43.9 Å². The van der Waals surface area contributed by atoms with E-state index in [1.165, 1.54) is 17.7 Å². The zero-order valence-corrected chi connectivity index (χ0v) is 12.4. The minimum absolute atomic E-state index is 0.144. The summed E-state index contributed by atoms with van der Waals surface area (Å²) in [5, 5.41) is 7.42. The van der Waals surface area contributed by atoms with E-state index >= 15 is 0 Å². The van der Waals surface area contributed by atoms with Crippen LogP contribution < -0.4 is 0 Å². The van der Waals surface area contributed by atoms with Gasteiger partial charge in [0, 0.05) is 43.3 Å². The highest BCUT2D eigenvalue weighted by Crippen LogP contribution is 2.44. The second-order valence-electron chi connectivity index (χ2n) is 6.80. The topological polar surface area (TPSA) is 58.2 Å². The highest BCUT2D eigenvalue weighted by Gasteiger charge is 2.45. The van der Waals surface area contributed by atoms with Gasteiger partial charge in [0.15, 0.2) is 0 Å². The molecular formula is C16H23N3O2. The van der Waals surface area contributed by atoms with Gasteiger partial charge in [0.25, 0.3) is 0 Å². The lowest BCUT2D eigenvalue weighted by Crippen LogP contribution is -2.50. The lowest BCUT2D eigenvalue weighted by Gasteiger charge is -2.42. The molecule has 0 saturated carbocycles. The molecule has 1 N–H and O–H groups in total. The highest BCUT2D eigenvalue weighted by molar-refractivity contribution is 5.79. The fraction of sp³-hybridized carbons (Fsp3) is 0.750. The Hall–Kier alpha value is -1.36. The molecule has 5 nitrogen and oxygen atoms in total. The smallest absolute Gasteiger partial charge is 0.225 e. The van der Waals surface area contributed by atoms with E-state index in [1.807, 2.05) is 6.20 Å². The third-order valence-electron chi connectivity index (χ3n) is 5.58. The van der Waals surface area contributed by atoms with Crippen LogP contribution in [0, 0.1) is 5.92 Å². The van der Waals surface area contributed by atoms with Crippen molar-refractivity contribution in [2.24, 2.45) is 5.92 Å². The van der Waals surface area contributed by atoms with E-state index in [1.54, 1.807) is 0 Å². The molecule has 1 atom stereocenters. The van der Waals surface area contributed by atoms with E-state index < -0.39 is 0 Å². The predicted octanol–water partition coefficient (Wildman–Crippen LogP) is 1.64. The van der Waals surface area contributed by atoms with Gasteiger partial charge >= 0.3 is 0 Å². The first-order valence-corrected chi connectivity index (χ1v) is 8.18. The average Bonchev–Trinajstić information content (AvgIpc) is 3.13. The average molecular weight is 289 g/mol. The molecule has 3 aliphatic rings. The van der Waals surface area contributed by atoms with E-state index in [0.717, 1.165) is 58.4 Å². The van der Waals surface area contributed by atoms with Gasteiger partial charge in [0.1, 0.15) is 0 Å². The number of aryl methyl sites for hydroxylation is 1. The number of likely N-dealkylation sites (tertiary alicyclic amines) is 1. The minimum atomic E-state index is 0.144. The zero-order chi connectivity index (χ0) is 14.3. The number of hydrogen-bond acceptors (Lipinski definition) is 3. The van der Waals surface area contributed by atoms with Gasteiger partial charge in [-0.1, -0.05) is 0 Å². The first-order valence-electron chi connectivity index (χ1n) is 8.18. The number of aromatic amines is 1. The molecule has 1 aromatic heterocycles. The summed E-state index contributed by atoms with van der Waals surface area (Å²) in [5.74, 6) is 0.530. The van der Waals surface area contributed by atoms with Crippen molar-refractivity contribution in [1.82, 2.24) is 15.1 Å². The molecular weight excluding hydrogens is 266 g/mol. The maximum atomic E-state index is 12.8. The van der Waals surface area contributed by atoms with Crippen molar-refractivity contribution in [1.29, 1.82) is 0 Å². The summed E-state index contributed by atoms with van der Waals surface area (Å²) < 4.78 is 5.38. The molecule has 1 aromatic rings. The Morgan fingerprint density at radius 2 is 2.24 bits per heavy atom. The van der Waals surface area contributed by atoms with Crippen molar-refractivity contribution >= 4 is 5.91 Å². The van der Waals surface area contributed by atoms with Crippen LogP contribution in [-0.2, 0) is 21.4 Å². The second kappa shape index (κ2) is 5.13. The normalized spacial score (nSPS) is 29.8. The molecule has 21 heavy (non-hydrogen) atoms. The SMILES string of the molecule is O=C(C1CCOCC1)N1CCCC2(CCc3cn[nH]c32)C1. The number of rotatable bonds is 1. The van der Waals surface area contributed by atoms with E-state index in [-0.39, 0.29) is 11.3 Å². The molecule has 1 aliphatic carbocycles. The number of amides is 1. The van der Waals surface area contributed by atoms with Gasteiger partial charge in [-0.25, -0.2) is 0 Å². The predicted molar refractivity (Wildman–Crippen MR) is 77.9 cm³/mol. The van der Waals surface area contributed by atoms with E-state index in [9.17, 15) is 4.79 Å². The van der Waals surface area contributed by atoms with Crippen LogP contribution in [0.15, 0.2) is 6.20 Å². The van der Waals surface area contributed by atoms with Crippen LogP contribution in [0.1, 0.15) is 43.4 Å². The van der Waals surface area contributed by atoms with Crippen LogP contribution in [0.4, 0.5) is 0 Å². The number of piperidine rings is 1. The van der Waals surface area contributed by atoms with Crippen LogP contribution >= 0.6 is 0 Å². The number of nitrogens with one attached hydrogen (secondary N) is 1. The molecule has 0 radical (unpaired) electrons. The fourth-order valence-electron chi connectivity index (χ4n) is 4.39. The van der Waals surface area contributed by atoms with Crippen LogP contribution in [0.25, 0.3) is 0 Å². The molecule has 1 spiro atoms. The first kappa shape index (κ1) is 13.3. The lowest BCUT2D eigenvalue weighted by atomic mass is 9.77. The molecule has 4 rings (SSSR count). The van der Waals surface area contributed by atoms with Gasteiger partial charge < -0.3 is 9.64 Å². The van der Waals surface area contributed by atoms with Crippen molar-refractivity contribution in [3.8, 4) is 0 Å². The van der Waals surface area contributed by atoms with Crippen molar-refractivity contribution < 1.29 is 9.53 Å². The van der Waals surface area contributed by atoms with Gasteiger partial charge in [-0.15, -0.1) is 0 Å². The first-order chi connectivity index (χ1) is 10.3. The zero-order valence-electron chi connectivity index (χ0n) is 12.4. The molecule has 0 aromatic carbocycles. The summed E-state index contributed by atoms with van der Waals surface area (Å²) in [4.78, 5) is 14.9. The fourth-order valence-corrected chi connectivity index (χ4v) is 4.39. The quantitative estimate of drug-likeness (QED) is 0.855. The summed E-state index contributed by atoms with van der Waals surface area (Å²) in [6.07, 6.45) is 8.28. The Kier molecular flexibility index (Phi) is 3.25. The van der Waals surface area contributed by atoms with E-state index in [0.29, 0.717) is 5.91 Å². The molecule has 0 bridgehead atoms. The maximum absolute atomic E-state index is 12.8. The molecule has 114 valence electrons. The number of carbonyl (C=O) groups excluding carboxylic acids is 1. The van der Waals surface area contributed by atoms with Crippen molar-refractivity contribution in [3.63, 3.8) is 0 Å². The molecule has 2 saturated heterocycles. The van der Waals surface area contributed by atoms with Gasteiger partial charge in [-0.05, 0) is 44.1 Å². The van der Waals surface area contributed by atoms with Crippen LogP contribution in [0.5, 0.6) is 0 Å². The van der Waals surface area contributed by atoms with Crippen molar-refractivity contribution in [3.05, 3.63) is 17.5 Å². The van der Waals surface area contributed by atoms with Gasteiger partial charge in [0.05, 0.1) is 6.20 Å². The summed E-state index contributed by atoms with van der Waals surface area (Å²) >= 11 is 0. The highest BCUT2D eigenvalue weighted by atomic mass is 16.5. The Bertz CT molecular complexity index is 535. The Labute approximate surface area is 125 Å². The minimum Gasteiger partial charge on any atom is -0.381 e. The van der Waals surface area contributed by atoms with Crippen LogP contribution in [0.3, 0.4) is 0 Å². The number of aromatic nitrogens is 2. The molecule has 1 amide bonds. The molecule has 1 unspecified atom stereocenters. The van der Waals surface area contributed by atoms with E-state index in [4.69, 9.17) is 4.74 Å². The Morgan fingerprint density at radius 3 is 3.10 bits per heavy atom. The van der Waals surface area contributed by atoms with Crippen LogP contribution in [0.2, 0.25) is 0 Å². The summed E-state index contributed by atoms with van der Waals surface area (Å²) in [6, 6.07) is 0. The lowest BCUT2D eigenvalue weighted by molar-refractivity contribution is -0.140. The van der Waals surface area contributed by atoms with Gasteiger partial charge in [-0.3, -0.25) is 9.89 Å². The second-order valence-corrected chi connectivity index (χ2v) is 6.80. The van der Waals surface area contributed by atoms with E-state index in [2.05, 4.69) is 15.1 Å². The third-order valence-corrected chi connectivity index (χ3v) is 5.58. The molecule has 5 heteroatoms. The molecule has 3 heterocycles. The molecule has 2 fully saturated rings. The van der Waals surface area contributed by atoms with Crippen molar-refractivity contribution in [2.75, 3.05) is 26.3 Å². The maximum Gasteiger partial charge on any atom is 0.225 e. The Morgan fingerprint density at radius 1 is 1.38 bits per heavy atom. The molecule has 2 aliphatic heterocycles. The largest absolute Gasteiger partial charge is 0.381 e. The third kappa shape index (κ3) is 2.18. The number of ether oxygens (including phenoxy) is 1. The monoisotopic (exact) mass is 289 g/mol. The summed E-state index contributed by atoms with van der Waals surface area (Å²) in [6.45, 7) is 3.26. The summed E-state index contributed by atoms with van der Waals surface area (Å²) in [5.41, 5.74) is 2.80. The number of H-pyrrole nitrogens is 1. The standard InChI is InChI=1S/C16H23N3O2/c20-15(12-3-8-21-9-4-12)19-7-1-5-16(11-19)6-2-13-10-17-18-14(13)16/h10,12H,1-9,11H2,(H,17,18). The number of nitrogens with zero attached hydrogens (tertiary/aromatic N) is 2. The Balaban J connectivity index is 1.52. The number of fused-ring (bicyclic) bond motifs is 2.